The first kappa shape index (κ1) is 9.52. The van der Waals surface area contributed by atoms with Gasteiger partial charge in [-0.3, -0.25) is 4.79 Å². The molecule has 1 saturated carbocycles. The molecule has 0 aromatic carbocycles. The molecule has 1 aliphatic rings. The summed E-state index contributed by atoms with van der Waals surface area (Å²) in [6, 6.07) is 0.649. The van der Waals surface area contributed by atoms with E-state index in [-0.39, 0.29) is 5.91 Å². The average molecular weight is 170 g/mol. The van der Waals surface area contributed by atoms with Gasteiger partial charge in [-0.2, -0.15) is 0 Å². The fourth-order valence-corrected chi connectivity index (χ4v) is 1.67. The van der Waals surface area contributed by atoms with E-state index >= 15 is 0 Å². The summed E-state index contributed by atoms with van der Waals surface area (Å²) in [5.74, 6) is 0.177. The lowest BCUT2D eigenvalue weighted by atomic mass is 10.2. The number of carbonyl (C=O) groups excluding carboxylic acids is 1. The van der Waals surface area contributed by atoms with Crippen LogP contribution in [0.25, 0.3) is 0 Å². The second-order valence-corrected chi connectivity index (χ2v) is 3.59. The maximum atomic E-state index is 11.2. The predicted octanol–water partition coefficient (Wildman–Crippen LogP) is 0.783. The minimum absolute atomic E-state index is 0.177. The number of rotatable bonds is 3. The molecule has 0 radical (unpaired) electrons. The minimum Gasteiger partial charge on any atom is -0.353 e. The van der Waals surface area contributed by atoms with Crippen LogP contribution in [-0.4, -0.2) is 18.0 Å². The van der Waals surface area contributed by atoms with Crippen LogP contribution in [0.5, 0.6) is 0 Å². The summed E-state index contributed by atoms with van der Waals surface area (Å²) in [4.78, 5) is 11.2. The van der Waals surface area contributed by atoms with E-state index in [1.165, 1.54) is 0 Å². The van der Waals surface area contributed by atoms with E-state index in [4.69, 9.17) is 5.73 Å². The SMILES string of the molecule is CCCC(=O)NC1CCC(N)C1. The molecule has 12 heavy (non-hydrogen) atoms. The molecule has 0 aromatic heterocycles. The van der Waals surface area contributed by atoms with E-state index in [2.05, 4.69) is 5.32 Å². The Morgan fingerprint density at radius 3 is 2.83 bits per heavy atom. The van der Waals surface area contributed by atoms with Crippen molar-refractivity contribution in [2.24, 2.45) is 5.73 Å². The molecule has 0 aliphatic heterocycles. The van der Waals surface area contributed by atoms with Crippen LogP contribution in [0.2, 0.25) is 0 Å². The lowest BCUT2D eigenvalue weighted by Crippen LogP contribution is -2.33. The third-order valence-corrected chi connectivity index (χ3v) is 2.32. The second-order valence-electron chi connectivity index (χ2n) is 3.59. The van der Waals surface area contributed by atoms with Gasteiger partial charge in [-0.15, -0.1) is 0 Å². The molecule has 1 rings (SSSR count). The zero-order chi connectivity index (χ0) is 8.97. The molecule has 2 unspecified atom stereocenters. The molecule has 3 nitrogen and oxygen atoms in total. The van der Waals surface area contributed by atoms with Gasteiger partial charge >= 0.3 is 0 Å². The summed E-state index contributed by atoms with van der Waals surface area (Å²) in [6.45, 7) is 2.01. The van der Waals surface area contributed by atoms with Crippen molar-refractivity contribution in [1.82, 2.24) is 5.32 Å². The molecule has 3 heteroatoms. The Labute approximate surface area is 73.7 Å². The van der Waals surface area contributed by atoms with Crippen LogP contribution in [0.1, 0.15) is 39.0 Å². The molecule has 1 amide bonds. The van der Waals surface area contributed by atoms with Crippen LogP contribution in [0.4, 0.5) is 0 Å². The molecule has 1 aliphatic carbocycles. The fourth-order valence-electron chi connectivity index (χ4n) is 1.67. The third-order valence-electron chi connectivity index (χ3n) is 2.32. The molecule has 1 fully saturated rings. The first-order valence-electron chi connectivity index (χ1n) is 4.77. The second kappa shape index (κ2) is 4.45. The van der Waals surface area contributed by atoms with Gasteiger partial charge in [-0.05, 0) is 25.7 Å². The summed E-state index contributed by atoms with van der Waals surface area (Å²) >= 11 is 0. The smallest absolute Gasteiger partial charge is 0.220 e. The topological polar surface area (TPSA) is 55.1 Å². The standard InChI is InChI=1S/C9H18N2O/c1-2-3-9(12)11-8-5-4-7(10)6-8/h7-8H,2-6,10H2,1H3,(H,11,12). The number of amides is 1. The summed E-state index contributed by atoms with van der Waals surface area (Å²) in [7, 11) is 0. The Bertz CT molecular complexity index is 159. The molecule has 0 spiro atoms. The van der Waals surface area contributed by atoms with Gasteiger partial charge in [0.25, 0.3) is 0 Å². The van der Waals surface area contributed by atoms with Crippen molar-refractivity contribution in [3.63, 3.8) is 0 Å². The highest BCUT2D eigenvalue weighted by atomic mass is 16.1. The van der Waals surface area contributed by atoms with Crippen LogP contribution in [-0.2, 0) is 4.79 Å². The molecule has 0 heterocycles. The Hall–Kier alpha value is -0.570. The van der Waals surface area contributed by atoms with Gasteiger partial charge in [0, 0.05) is 18.5 Å². The number of carbonyl (C=O) groups is 1. The van der Waals surface area contributed by atoms with E-state index in [1.807, 2.05) is 6.92 Å². The largest absolute Gasteiger partial charge is 0.353 e. The predicted molar refractivity (Wildman–Crippen MR) is 48.7 cm³/mol. The summed E-state index contributed by atoms with van der Waals surface area (Å²) < 4.78 is 0. The van der Waals surface area contributed by atoms with E-state index in [0.717, 1.165) is 25.7 Å². The number of nitrogens with two attached hydrogens (primary N) is 1. The number of hydrogen-bond donors (Lipinski definition) is 2. The Morgan fingerprint density at radius 2 is 2.33 bits per heavy atom. The van der Waals surface area contributed by atoms with E-state index in [1.54, 1.807) is 0 Å². The zero-order valence-corrected chi connectivity index (χ0v) is 7.68. The quantitative estimate of drug-likeness (QED) is 0.657. The first-order valence-corrected chi connectivity index (χ1v) is 4.77. The van der Waals surface area contributed by atoms with E-state index in [9.17, 15) is 4.79 Å². The van der Waals surface area contributed by atoms with Crippen molar-refractivity contribution in [3.8, 4) is 0 Å². The van der Waals surface area contributed by atoms with Gasteiger partial charge in [0.05, 0.1) is 0 Å². The van der Waals surface area contributed by atoms with Crippen molar-refractivity contribution in [3.05, 3.63) is 0 Å². The maximum Gasteiger partial charge on any atom is 0.220 e. The summed E-state index contributed by atoms with van der Waals surface area (Å²) in [6.07, 6.45) is 4.62. The maximum absolute atomic E-state index is 11.2. The molecular formula is C9H18N2O. The highest BCUT2D eigenvalue weighted by Gasteiger charge is 2.22. The van der Waals surface area contributed by atoms with Gasteiger partial charge in [-0.1, -0.05) is 6.92 Å². The van der Waals surface area contributed by atoms with Crippen LogP contribution in [0.15, 0.2) is 0 Å². The molecule has 0 bridgehead atoms. The van der Waals surface area contributed by atoms with E-state index < -0.39 is 0 Å². The third kappa shape index (κ3) is 2.81. The monoisotopic (exact) mass is 170 g/mol. The molecule has 70 valence electrons. The van der Waals surface area contributed by atoms with Crippen molar-refractivity contribution in [2.75, 3.05) is 0 Å². The lowest BCUT2D eigenvalue weighted by Gasteiger charge is -2.11. The van der Waals surface area contributed by atoms with Crippen LogP contribution < -0.4 is 11.1 Å². The molecule has 0 aromatic rings. The normalized spacial score (nSPS) is 28.8. The summed E-state index contributed by atoms with van der Waals surface area (Å²) in [5, 5.41) is 2.99. The zero-order valence-electron chi connectivity index (χ0n) is 7.68. The Morgan fingerprint density at radius 1 is 1.58 bits per heavy atom. The van der Waals surface area contributed by atoms with Gasteiger partial charge in [0.2, 0.25) is 5.91 Å². The van der Waals surface area contributed by atoms with Crippen LogP contribution >= 0.6 is 0 Å². The summed E-state index contributed by atoms with van der Waals surface area (Å²) in [5.41, 5.74) is 5.72. The number of nitrogens with one attached hydrogen (secondary N) is 1. The van der Waals surface area contributed by atoms with Gasteiger partial charge in [-0.25, -0.2) is 0 Å². The lowest BCUT2D eigenvalue weighted by molar-refractivity contribution is -0.121. The van der Waals surface area contributed by atoms with Crippen molar-refractivity contribution < 1.29 is 4.79 Å². The minimum atomic E-state index is 0.177. The van der Waals surface area contributed by atoms with Crippen LogP contribution in [0, 0.1) is 0 Å². The molecular weight excluding hydrogens is 152 g/mol. The van der Waals surface area contributed by atoms with Gasteiger partial charge < -0.3 is 11.1 Å². The molecule has 3 N–H and O–H groups in total. The van der Waals surface area contributed by atoms with Crippen LogP contribution in [0.3, 0.4) is 0 Å². The van der Waals surface area contributed by atoms with E-state index in [0.29, 0.717) is 18.5 Å². The fraction of sp³-hybridized carbons (Fsp3) is 0.889. The number of hydrogen-bond acceptors (Lipinski definition) is 2. The molecule has 0 saturated heterocycles. The van der Waals surface area contributed by atoms with Crippen molar-refractivity contribution in [1.29, 1.82) is 0 Å². The van der Waals surface area contributed by atoms with Crippen molar-refractivity contribution >= 4 is 5.91 Å². The van der Waals surface area contributed by atoms with Gasteiger partial charge in [0.15, 0.2) is 0 Å². The Balaban J connectivity index is 2.18. The first-order chi connectivity index (χ1) is 5.72. The average Bonchev–Trinajstić information content (AvgIpc) is 2.36. The van der Waals surface area contributed by atoms with Crippen molar-refractivity contribution in [2.45, 2.75) is 51.1 Å². The highest BCUT2D eigenvalue weighted by molar-refractivity contribution is 5.76. The highest BCUT2D eigenvalue weighted by Crippen LogP contribution is 2.16. The van der Waals surface area contributed by atoms with Gasteiger partial charge in [0.1, 0.15) is 0 Å². The Kier molecular flexibility index (Phi) is 3.53. The molecule has 2 atom stereocenters.